The molecular weight excluding hydrogens is 418 g/mol. The van der Waals surface area contributed by atoms with Crippen molar-refractivity contribution in [3.8, 4) is 0 Å². The first-order valence-electron chi connectivity index (χ1n) is 10.1. The number of carbonyl (C=O) groups is 3. The molecule has 2 aliphatic heterocycles. The van der Waals surface area contributed by atoms with Crippen LogP contribution >= 0.6 is 23.1 Å². The SMILES string of the molecule is CSc1ccc(N2CC(C(=O)N3CCC(NC(=O)c4ccsc4)CC3)CC2=O)cc1. The van der Waals surface area contributed by atoms with Crippen molar-refractivity contribution in [3.05, 3.63) is 46.7 Å². The number of likely N-dealkylation sites (tertiary alicyclic amines) is 1. The largest absolute Gasteiger partial charge is 0.349 e. The van der Waals surface area contributed by atoms with Gasteiger partial charge in [0.1, 0.15) is 0 Å². The molecule has 1 atom stereocenters. The van der Waals surface area contributed by atoms with Crippen LogP contribution in [0.3, 0.4) is 0 Å². The summed E-state index contributed by atoms with van der Waals surface area (Å²) in [6, 6.07) is 9.78. The van der Waals surface area contributed by atoms with Crippen LogP contribution in [0.15, 0.2) is 46.0 Å². The minimum atomic E-state index is -0.297. The summed E-state index contributed by atoms with van der Waals surface area (Å²) in [6.07, 6.45) is 3.75. The molecule has 6 nitrogen and oxygen atoms in total. The van der Waals surface area contributed by atoms with Crippen LogP contribution in [0.4, 0.5) is 5.69 Å². The third-order valence-electron chi connectivity index (χ3n) is 5.78. The van der Waals surface area contributed by atoms with Gasteiger partial charge < -0.3 is 15.1 Å². The van der Waals surface area contributed by atoms with E-state index in [1.165, 1.54) is 11.3 Å². The highest BCUT2D eigenvalue weighted by Crippen LogP contribution is 2.28. The van der Waals surface area contributed by atoms with Crippen molar-refractivity contribution < 1.29 is 14.4 Å². The van der Waals surface area contributed by atoms with E-state index in [-0.39, 0.29) is 36.1 Å². The van der Waals surface area contributed by atoms with Crippen LogP contribution in [-0.4, -0.2) is 54.6 Å². The van der Waals surface area contributed by atoms with Gasteiger partial charge in [0, 0.05) is 53.6 Å². The fourth-order valence-corrected chi connectivity index (χ4v) is 5.09. The average Bonchev–Trinajstić information content (AvgIpc) is 3.44. The number of amides is 3. The zero-order valence-corrected chi connectivity index (χ0v) is 18.5. The van der Waals surface area contributed by atoms with Crippen molar-refractivity contribution in [2.24, 2.45) is 5.92 Å². The zero-order chi connectivity index (χ0) is 21.1. The lowest BCUT2D eigenvalue weighted by atomic mass is 10.0. The molecule has 1 aromatic heterocycles. The van der Waals surface area contributed by atoms with Gasteiger partial charge in [0.2, 0.25) is 11.8 Å². The maximum Gasteiger partial charge on any atom is 0.252 e. The molecule has 0 spiro atoms. The normalized spacial score (nSPS) is 19.9. The van der Waals surface area contributed by atoms with E-state index in [4.69, 9.17) is 0 Å². The summed E-state index contributed by atoms with van der Waals surface area (Å²) in [4.78, 5) is 42.4. The lowest BCUT2D eigenvalue weighted by Crippen LogP contribution is -2.48. The predicted molar refractivity (Wildman–Crippen MR) is 120 cm³/mol. The molecule has 2 aromatic rings. The molecule has 30 heavy (non-hydrogen) atoms. The van der Waals surface area contributed by atoms with Crippen LogP contribution in [0.1, 0.15) is 29.6 Å². The van der Waals surface area contributed by atoms with E-state index in [0.717, 1.165) is 23.4 Å². The Morgan fingerprint density at radius 3 is 2.50 bits per heavy atom. The van der Waals surface area contributed by atoms with Crippen LogP contribution < -0.4 is 10.2 Å². The number of rotatable bonds is 5. The van der Waals surface area contributed by atoms with E-state index in [1.807, 2.05) is 52.2 Å². The molecule has 0 radical (unpaired) electrons. The Hall–Kier alpha value is -2.32. The van der Waals surface area contributed by atoms with Crippen molar-refractivity contribution >= 4 is 46.5 Å². The molecule has 1 N–H and O–H groups in total. The Morgan fingerprint density at radius 1 is 1.13 bits per heavy atom. The Balaban J connectivity index is 1.30. The molecule has 3 amide bonds. The van der Waals surface area contributed by atoms with Crippen LogP contribution in [0.2, 0.25) is 0 Å². The summed E-state index contributed by atoms with van der Waals surface area (Å²) < 4.78 is 0. The summed E-state index contributed by atoms with van der Waals surface area (Å²) in [7, 11) is 0. The van der Waals surface area contributed by atoms with Crippen LogP contribution in [0.5, 0.6) is 0 Å². The van der Waals surface area contributed by atoms with Crippen LogP contribution in [0.25, 0.3) is 0 Å². The molecule has 1 aromatic carbocycles. The first-order chi connectivity index (χ1) is 14.5. The molecule has 1 unspecified atom stereocenters. The Labute approximate surface area is 184 Å². The van der Waals surface area contributed by atoms with Gasteiger partial charge in [-0.2, -0.15) is 11.3 Å². The Morgan fingerprint density at radius 2 is 1.87 bits per heavy atom. The molecule has 0 bridgehead atoms. The summed E-state index contributed by atoms with van der Waals surface area (Å²) in [6.45, 7) is 1.66. The monoisotopic (exact) mass is 443 g/mol. The summed E-state index contributed by atoms with van der Waals surface area (Å²) in [5.74, 6) is -0.294. The van der Waals surface area contributed by atoms with Gasteiger partial charge >= 0.3 is 0 Å². The maximum atomic E-state index is 13.0. The molecule has 3 heterocycles. The van der Waals surface area contributed by atoms with Gasteiger partial charge in [-0.1, -0.05) is 0 Å². The molecule has 8 heteroatoms. The van der Waals surface area contributed by atoms with E-state index in [1.54, 1.807) is 16.7 Å². The van der Waals surface area contributed by atoms with Gasteiger partial charge in [0.25, 0.3) is 5.91 Å². The second kappa shape index (κ2) is 9.22. The first-order valence-corrected chi connectivity index (χ1v) is 12.3. The van der Waals surface area contributed by atoms with Gasteiger partial charge in [-0.15, -0.1) is 11.8 Å². The zero-order valence-electron chi connectivity index (χ0n) is 16.9. The fraction of sp³-hybridized carbons (Fsp3) is 0.409. The molecule has 0 aliphatic carbocycles. The lowest BCUT2D eigenvalue weighted by molar-refractivity contribution is -0.136. The van der Waals surface area contributed by atoms with Crippen molar-refractivity contribution in [1.82, 2.24) is 10.2 Å². The third kappa shape index (κ3) is 4.54. The number of hydrogen-bond acceptors (Lipinski definition) is 5. The highest BCUT2D eigenvalue weighted by atomic mass is 32.2. The number of nitrogens with zero attached hydrogens (tertiary/aromatic N) is 2. The van der Waals surface area contributed by atoms with Crippen molar-refractivity contribution in [1.29, 1.82) is 0 Å². The van der Waals surface area contributed by atoms with Crippen molar-refractivity contribution in [2.45, 2.75) is 30.2 Å². The molecule has 2 saturated heterocycles. The van der Waals surface area contributed by atoms with E-state index < -0.39 is 0 Å². The minimum absolute atomic E-state index is 0.00293. The number of thiophene rings is 1. The van der Waals surface area contributed by atoms with Crippen LogP contribution in [-0.2, 0) is 9.59 Å². The molecule has 2 aliphatic rings. The topological polar surface area (TPSA) is 69.7 Å². The molecular formula is C22H25N3O3S2. The van der Waals surface area contributed by atoms with Crippen LogP contribution in [0, 0.1) is 5.92 Å². The lowest BCUT2D eigenvalue weighted by Gasteiger charge is -2.33. The Kier molecular flexibility index (Phi) is 6.43. The number of nitrogens with one attached hydrogen (secondary N) is 1. The smallest absolute Gasteiger partial charge is 0.252 e. The second-order valence-electron chi connectivity index (χ2n) is 7.69. The highest BCUT2D eigenvalue weighted by Gasteiger charge is 2.38. The third-order valence-corrected chi connectivity index (χ3v) is 7.21. The predicted octanol–water partition coefficient (Wildman–Crippen LogP) is 3.24. The number of anilines is 1. The van der Waals surface area contributed by atoms with Gasteiger partial charge in [-0.25, -0.2) is 0 Å². The second-order valence-corrected chi connectivity index (χ2v) is 9.35. The first kappa shape index (κ1) is 20.9. The summed E-state index contributed by atoms with van der Waals surface area (Å²) in [5.41, 5.74) is 1.54. The van der Waals surface area contributed by atoms with Gasteiger partial charge in [0.05, 0.1) is 5.92 Å². The van der Waals surface area contributed by atoms with E-state index in [0.29, 0.717) is 25.2 Å². The maximum absolute atomic E-state index is 13.0. The highest BCUT2D eigenvalue weighted by molar-refractivity contribution is 7.98. The van der Waals surface area contributed by atoms with E-state index in [2.05, 4.69) is 5.32 Å². The summed E-state index contributed by atoms with van der Waals surface area (Å²) in [5, 5.41) is 6.79. The molecule has 4 rings (SSSR count). The van der Waals surface area contributed by atoms with Crippen molar-refractivity contribution in [2.75, 3.05) is 30.8 Å². The average molecular weight is 444 g/mol. The number of benzene rings is 1. The number of hydrogen-bond donors (Lipinski definition) is 1. The van der Waals surface area contributed by atoms with Gasteiger partial charge in [-0.05, 0) is 54.8 Å². The molecule has 0 saturated carbocycles. The quantitative estimate of drug-likeness (QED) is 0.721. The number of carbonyl (C=O) groups excluding carboxylic acids is 3. The van der Waals surface area contributed by atoms with Gasteiger partial charge in [-0.3, -0.25) is 14.4 Å². The van der Waals surface area contributed by atoms with E-state index >= 15 is 0 Å². The summed E-state index contributed by atoms with van der Waals surface area (Å²) >= 11 is 3.16. The van der Waals surface area contributed by atoms with Crippen molar-refractivity contribution in [3.63, 3.8) is 0 Å². The number of piperidine rings is 1. The molecule has 158 valence electrons. The minimum Gasteiger partial charge on any atom is -0.349 e. The van der Waals surface area contributed by atoms with E-state index in [9.17, 15) is 14.4 Å². The standard InChI is InChI=1S/C22H25N3O3S2/c1-29-19-4-2-18(3-5-19)25-13-16(12-20(25)26)22(28)24-9-6-17(7-10-24)23-21(27)15-8-11-30-14-15/h2-5,8,11,14,16-17H,6-7,9-10,12-13H2,1H3,(H,23,27). The fourth-order valence-electron chi connectivity index (χ4n) is 4.05. The number of thioether (sulfide) groups is 1. The molecule has 2 fully saturated rings. The Bertz CT molecular complexity index is 906. The van der Waals surface area contributed by atoms with Gasteiger partial charge in [0.15, 0.2) is 0 Å².